The van der Waals surface area contributed by atoms with E-state index in [-0.39, 0.29) is 11.8 Å². The van der Waals surface area contributed by atoms with E-state index >= 15 is 0 Å². The summed E-state index contributed by atoms with van der Waals surface area (Å²) in [6.45, 7) is 8.05. The topological polar surface area (TPSA) is 40.6 Å². The highest BCUT2D eigenvalue weighted by molar-refractivity contribution is 8.04. The van der Waals surface area contributed by atoms with Gasteiger partial charge in [0, 0.05) is 30.6 Å². The summed E-state index contributed by atoms with van der Waals surface area (Å²) in [6.07, 6.45) is 3.10. The van der Waals surface area contributed by atoms with Crippen LogP contribution >= 0.6 is 11.8 Å². The number of nitrogens with zero attached hydrogens (tertiary/aromatic N) is 2. The molecule has 0 N–H and O–H groups in total. The molecule has 2 aromatic rings. The van der Waals surface area contributed by atoms with Crippen molar-refractivity contribution in [2.75, 3.05) is 25.0 Å². The van der Waals surface area contributed by atoms with Gasteiger partial charge in [0.2, 0.25) is 0 Å². The summed E-state index contributed by atoms with van der Waals surface area (Å²) in [5, 5.41) is 0. The number of carbonyl (C=O) groups is 2. The molecule has 2 aliphatic heterocycles. The molecule has 2 aromatic carbocycles. The van der Waals surface area contributed by atoms with Gasteiger partial charge < -0.3 is 9.80 Å². The first-order chi connectivity index (χ1) is 14.3. The lowest BCUT2D eigenvalue weighted by molar-refractivity contribution is -0.114. The lowest BCUT2D eigenvalue weighted by atomic mass is 9.91. The highest BCUT2D eigenvalue weighted by atomic mass is 32.2. The second-order valence-corrected chi connectivity index (χ2v) is 9.81. The average Bonchev–Trinajstić information content (AvgIpc) is 2.70. The van der Waals surface area contributed by atoms with Crippen LogP contribution < -0.4 is 4.90 Å². The molecule has 1 fully saturated rings. The Balaban J connectivity index is 1.61. The molecule has 30 heavy (non-hydrogen) atoms. The van der Waals surface area contributed by atoms with Gasteiger partial charge in [0.15, 0.2) is 0 Å². The number of carbonyl (C=O) groups excluding carboxylic acids is 2. The SMILES string of the molecule is Cc1cccc(/C=C2\Sc3ccc(C(=O)N4C[C@@H](C)C[C@H](C)C4)cc3N(C)C2=O)c1. The number of anilines is 1. The molecule has 2 atom stereocenters. The van der Waals surface area contributed by atoms with Crippen LogP contribution in [-0.2, 0) is 4.79 Å². The molecule has 0 unspecified atom stereocenters. The maximum atomic E-state index is 13.1. The third kappa shape index (κ3) is 4.17. The van der Waals surface area contributed by atoms with Crippen LogP contribution in [0.2, 0.25) is 0 Å². The van der Waals surface area contributed by atoms with E-state index < -0.39 is 0 Å². The Morgan fingerprint density at radius 3 is 2.53 bits per heavy atom. The van der Waals surface area contributed by atoms with Crippen LogP contribution in [0.1, 0.15) is 41.8 Å². The van der Waals surface area contributed by atoms with Crippen molar-refractivity contribution in [2.24, 2.45) is 11.8 Å². The number of benzene rings is 2. The molecule has 4 nitrogen and oxygen atoms in total. The first-order valence-corrected chi connectivity index (χ1v) is 11.3. The number of piperidine rings is 1. The van der Waals surface area contributed by atoms with Crippen LogP contribution in [-0.4, -0.2) is 36.9 Å². The summed E-state index contributed by atoms with van der Waals surface area (Å²) < 4.78 is 0. The van der Waals surface area contributed by atoms with Gasteiger partial charge in [-0.05, 0) is 55.0 Å². The minimum atomic E-state index is -0.0428. The minimum Gasteiger partial charge on any atom is -0.338 e. The van der Waals surface area contributed by atoms with Crippen LogP contribution in [0.15, 0.2) is 52.3 Å². The Hall–Kier alpha value is -2.53. The fraction of sp³-hybridized carbons (Fsp3) is 0.360. The highest BCUT2D eigenvalue weighted by Crippen LogP contribution is 2.42. The number of hydrogen-bond donors (Lipinski definition) is 0. The molecule has 2 heterocycles. The molecule has 2 amide bonds. The Morgan fingerprint density at radius 2 is 1.83 bits per heavy atom. The van der Waals surface area contributed by atoms with Crippen molar-refractivity contribution in [2.45, 2.75) is 32.1 Å². The number of hydrogen-bond acceptors (Lipinski definition) is 3. The van der Waals surface area contributed by atoms with Crippen LogP contribution in [0.5, 0.6) is 0 Å². The monoisotopic (exact) mass is 420 g/mol. The molecule has 156 valence electrons. The Bertz CT molecular complexity index is 1020. The van der Waals surface area contributed by atoms with Crippen molar-refractivity contribution < 1.29 is 9.59 Å². The molecule has 0 radical (unpaired) electrons. The summed E-state index contributed by atoms with van der Waals surface area (Å²) >= 11 is 1.47. The zero-order valence-corrected chi connectivity index (χ0v) is 18.8. The zero-order chi connectivity index (χ0) is 21.4. The number of likely N-dealkylation sites (N-methyl/N-ethyl adjacent to an activating group) is 1. The Morgan fingerprint density at radius 1 is 1.10 bits per heavy atom. The van der Waals surface area contributed by atoms with Gasteiger partial charge in [-0.15, -0.1) is 0 Å². The molecule has 2 aliphatic rings. The van der Waals surface area contributed by atoms with E-state index in [0.29, 0.717) is 22.3 Å². The van der Waals surface area contributed by atoms with E-state index in [1.807, 2.05) is 54.3 Å². The van der Waals surface area contributed by atoms with E-state index in [9.17, 15) is 9.59 Å². The van der Waals surface area contributed by atoms with Crippen molar-refractivity contribution >= 4 is 35.3 Å². The van der Waals surface area contributed by atoms with Gasteiger partial charge >= 0.3 is 0 Å². The maximum Gasteiger partial charge on any atom is 0.264 e. The van der Waals surface area contributed by atoms with Crippen LogP contribution in [0.3, 0.4) is 0 Å². The molecule has 0 saturated carbocycles. The quantitative estimate of drug-likeness (QED) is 0.625. The minimum absolute atomic E-state index is 0.0428. The Labute approximate surface area is 182 Å². The third-order valence-corrected chi connectivity index (χ3v) is 6.88. The lowest BCUT2D eigenvalue weighted by Crippen LogP contribution is -2.42. The standard InChI is InChI=1S/C25H28N2O2S/c1-16-6-5-7-19(11-16)12-23-25(29)26(4)21-13-20(8-9-22(21)30-23)24(28)27-14-17(2)10-18(3)15-27/h5-9,11-13,17-18H,10,14-15H2,1-4H3/b23-12-/t17-,18-/m0/s1. The molecule has 4 rings (SSSR count). The van der Waals surface area contributed by atoms with Gasteiger partial charge in [-0.2, -0.15) is 0 Å². The zero-order valence-electron chi connectivity index (χ0n) is 18.0. The van der Waals surface area contributed by atoms with Gasteiger partial charge in [0.05, 0.1) is 10.6 Å². The number of thioether (sulfide) groups is 1. The second-order valence-electron chi connectivity index (χ2n) is 8.73. The molecule has 0 aromatic heterocycles. The summed E-state index contributed by atoms with van der Waals surface area (Å²) in [5.74, 6) is 1.05. The second kappa shape index (κ2) is 8.31. The molecule has 0 spiro atoms. The maximum absolute atomic E-state index is 13.1. The average molecular weight is 421 g/mol. The first kappa shape index (κ1) is 20.7. The molecular weight excluding hydrogens is 392 g/mol. The van der Waals surface area contributed by atoms with Gasteiger partial charge in [0.25, 0.3) is 11.8 Å². The predicted octanol–water partition coefficient (Wildman–Crippen LogP) is 5.22. The van der Waals surface area contributed by atoms with Crippen LogP contribution in [0, 0.1) is 18.8 Å². The van der Waals surface area contributed by atoms with Crippen molar-refractivity contribution in [1.82, 2.24) is 4.90 Å². The van der Waals surface area contributed by atoms with Gasteiger partial charge in [-0.3, -0.25) is 9.59 Å². The molecule has 5 heteroatoms. The van der Waals surface area contributed by atoms with Crippen molar-refractivity contribution in [1.29, 1.82) is 0 Å². The summed E-state index contributed by atoms with van der Waals surface area (Å²) in [7, 11) is 1.78. The molecule has 0 aliphatic carbocycles. The normalized spacial score (nSPS) is 22.9. The molecule has 0 bridgehead atoms. The largest absolute Gasteiger partial charge is 0.338 e. The smallest absolute Gasteiger partial charge is 0.264 e. The third-order valence-electron chi connectivity index (χ3n) is 5.80. The Kier molecular flexibility index (Phi) is 5.74. The van der Waals surface area contributed by atoms with E-state index in [2.05, 4.69) is 19.9 Å². The van der Waals surface area contributed by atoms with E-state index in [1.165, 1.54) is 11.8 Å². The predicted molar refractivity (Wildman–Crippen MR) is 124 cm³/mol. The summed E-state index contributed by atoms with van der Waals surface area (Å²) in [5.41, 5.74) is 3.63. The van der Waals surface area contributed by atoms with E-state index in [0.717, 1.165) is 41.2 Å². The van der Waals surface area contributed by atoms with Gasteiger partial charge in [0.1, 0.15) is 0 Å². The van der Waals surface area contributed by atoms with Gasteiger partial charge in [-0.1, -0.05) is 55.4 Å². The number of aryl methyl sites for hydroxylation is 1. The van der Waals surface area contributed by atoms with Crippen molar-refractivity contribution in [3.05, 3.63) is 64.1 Å². The fourth-order valence-electron chi connectivity index (χ4n) is 4.45. The fourth-order valence-corrected chi connectivity index (χ4v) is 5.54. The highest BCUT2D eigenvalue weighted by Gasteiger charge is 2.30. The van der Waals surface area contributed by atoms with Crippen LogP contribution in [0.25, 0.3) is 6.08 Å². The van der Waals surface area contributed by atoms with Crippen molar-refractivity contribution in [3.63, 3.8) is 0 Å². The first-order valence-electron chi connectivity index (χ1n) is 10.5. The van der Waals surface area contributed by atoms with Crippen LogP contribution in [0.4, 0.5) is 5.69 Å². The van der Waals surface area contributed by atoms with Crippen molar-refractivity contribution in [3.8, 4) is 0 Å². The number of likely N-dealkylation sites (tertiary alicyclic amines) is 1. The molecular formula is C25H28N2O2S. The number of amides is 2. The lowest BCUT2D eigenvalue weighted by Gasteiger charge is -2.35. The van der Waals surface area contributed by atoms with Gasteiger partial charge in [-0.25, -0.2) is 0 Å². The summed E-state index contributed by atoms with van der Waals surface area (Å²) in [4.78, 5) is 31.4. The number of fused-ring (bicyclic) bond motifs is 1. The van der Waals surface area contributed by atoms with E-state index in [1.54, 1.807) is 11.9 Å². The van der Waals surface area contributed by atoms with E-state index in [4.69, 9.17) is 0 Å². The number of rotatable bonds is 2. The summed E-state index contributed by atoms with van der Waals surface area (Å²) in [6, 6.07) is 13.8. The molecule has 1 saturated heterocycles.